The van der Waals surface area contributed by atoms with Crippen LogP contribution in [0, 0.1) is 0 Å². The van der Waals surface area contributed by atoms with Crippen molar-refractivity contribution in [3.8, 4) is 17.1 Å². The Morgan fingerprint density at radius 3 is 2.56 bits per heavy atom. The van der Waals surface area contributed by atoms with Gasteiger partial charge in [0.05, 0.1) is 7.11 Å². The van der Waals surface area contributed by atoms with E-state index in [1.807, 2.05) is 65.6 Å². The number of nitrogens with zero attached hydrogens (tertiary/aromatic N) is 5. The van der Waals surface area contributed by atoms with Crippen molar-refractivity contribution < 1.29 is 9.53 Å². The van der Waals surface area contributed by atoms with E-state index in [1.54, 1.807) is 18.4 Å². The number of amides is 1. The van der Waals surface area contributed by atoms with Crippen LogP contribution in [0.25, 0.3) is 11.4 Å². The highest BCUT2D eigenvalue weighted by Crippen LogP contribution is 2.19. The fraction of sp³-hybridized carbons (Fsp3) is 0.250. The van der Waals surface area contributed by atoms with E-state index in [1.165, 1.54) is 9.67 Å². The number of rotatable bonds is 9. The molecule has 8 heteroatoms. The number of thiophene rings is 1. The van der Waals surface area contributed by atoms with Gasteiger partial charge in [-0.05, 0) is 41.3 Å². The van der Waals surface area contributed by atoms with Crippen LogP contribution in [0.5, 0.6) is 5.75 Å². The molecular weight excluding hydrogens is 422 g/mol. The maximum Gasteiger partial charge on any atom is 0.246 e. The third-order valence-corrected chi connectivity index (χ3v) is 6.10. The highest BCUT2D eigenvalue weighted by molar-refractivity contribution is 7.09. The van der Waals surface area contributed by atoms with E-state index in [2.05, 4.69) is 33.8 Å². The molecule has 2 aromatic heterocycles. The largest absolute Gasteiger partial charge is 0.497 e. The number of hydrogen-bond donors (Lipinski definition) is 0. The Labute approximate surface area is 191 Å². The van der Waals surface area contributed by atoms with Crippen molar-refractivity contribution in [2.75, 3.05) is 7.11 Å². The molecule has 4 rings (SSSR count). The van der Waals surface area contributed by atoms with Crippen LogP contribution < -0.4 is 4.74 Å². The van der Waals surface area contributed by atoms with E-state index in [4.69, 9.17) is 4.74 Å². The second kappa shape index (κ2) is 10.2. The van der Waals surface area contributed by atoms with Crippen LogP contribution in [0.1, 0.15) is 17.4 Å². The molecule has 0 saturated carbocycles. The fourth-order valence-corrected chi connectivity index (χ4v) is 4.30. The summed E-state index contributed by atoms with van der Waals surface area (Å²) < 4.78 is 5.25. The van der Waals surface area contributed by atoms with E-state index in [9.17, 15) is 4.79 Å². The summed E-state index contributed by atoms with van der Waals surface area (Å²) in [6.45, 7) is 2.60. The lowest BCUT2D eigenvalue weighted by atomic mass is 10.1. The first-order valence-electron chi connectivity index (χ1n) is 10.4. The zero-order valence-electron chi connectivity index (χ0n) is 18.1. The predicted octanol–water partition coefficient (Wildman–Crippen LogP) is 4.07. The second-order valence-corrected chi connectivity index (χ2v) is 8.54. The number of carbonyl (C=O) groups is 1. The highest BCUT2D eigenvalue weighted by Gasteiger charge is 2.22. The maximum absolute atomic E-state index is 13.3. The number of hydrogen-bond acceptors (Lipinski definition) is 6. The number of aromatic nitrogens is 4. The quantitative estimate of drug-likeness (QED) is 0.387. The molecule has 2 heterocycles. The van der Waals surface area contributed by atoms with E-state index >= 15 is 0 Å². The molecule has 1 atom stereocenters. The summed E-state index contributed by atoms with van der Waals surface area (Å²) in [5.41, 5.74) is 1.90. The molecule has 0 saturated heterocycles. The summed E-state index contributed by atoms with van der Waals surface area (Å²) in [6, 6.07) is 21.5. The van der Waals surface area contributed by atoms with Gasteiger partial charge in [0.2, 0.25) is 11.7 Å². The third kappa shape index (κ3) is 5.39. The lowest BCUT2D eigenvalue weighted by Crippen LogP contribution is -2.41. The standard InChI is InChI=1S/C24H25N5O2S/c1-18(15-22-9-6-14-32-22)28(16-19-10-12-21(31-2)13-11-19)23(30)17-29-26-24(25-27-29)20-7-4-3-5-8-20/h3-14,18H,15-17H2,1-2H3/t18-/m1/s1. The molecule has 164 valence electrons. The van der Waals surface area contributed by atoms with Gasteiger partial charge in [-0.25, -0.2) is 0 Å². The monoisotopic (exact) mass is 447 g/mol. The van der Waals surface area contributed by atoms with Crippen LogP contribution in [0.3, 0.4) is 0 Å². The van der Waals surface area contributed by atoms with Gasteiger partial charge in [0.25, 0.3) is 0 Å². The first-order valence-corrected chi connectivity index (χ1v) is 11.3. The molecule has 4 aromatic rings. The van der Waals surface area contributed by atoms with E-state index in [0.29, 0.717) is 12.4 Å². The average molecular weight is 448 g/mol. The minimum absolute atomic E-state index is 0.0142. The Hall–Kier alpha value is -3.52. The number of tetrazole rings is 1. The van der Waals surface area contributed by atoms with Crippen LogP contribution in [0.15, 0.2) is 72.1 Å². The summed E-state index contributed by atoms with van der Waals surface area (Å²) in [4.78, 5) is 17.8. The SMILES string of the molecule is COc1ccc(CN(C(=O)Cn2nnc(-c3ccccc3)n2)[C@H](C)Cc2cccs2)cc1. The molecule has 0 N–H and O–H groups in total. The van der Waals surface area contributed by atoms with Crippen molar-refractivity contribution in [3.63, 3.8) is 0 Å². The molecule has 1 amide bonds. The van der Waals surface area contributed by atoms with Crippen LogP contribution >= 0.6 is 11.3 Å². The van der Waals surface area contributed by atoms with Gasteiger partial charge in [0.1, 0.15) is 12.3 Å². The predicted molar refractivity (Wildman–Crippen MR) is 124 cm³/mol. The smallest absolute Gasteiger partial charge is 0.246 e. The summed E-state index contributed by atoms with van der Waals surface area (Å²) in [6.07, 6.45) is 0.791. The Morgan fingerprint density at radius 1 is 1.09 bits per heavy atom. The zero-order valence-corrected chi connectivity index (χ0v) is 18.9. The summed E-state index contributed by atoms with van der Waals surface area (Å²) in [7, 11) is 1.64. The van der Waals surface area contributed by atoms with Gasteiger partial charge >= 0.3 is 0 Å². The number of methoxy groups -OCH3 is 1. The number of ether oxygens (including phenoxy) is 1. The van der Waals surface area contributed by atoms with Gasteiger partial charge in [-0.3, -0.25) is 4.79 Å². The van der Waals surface area contributed by atoms with Crippen LogP contribution in [-0.2, 0) is 24.3 Å². The minimum Gasteiger partial charge on any atom is -0.497 e. The lowest BCUT2D eigenvalue weighted by Gasteiger charge is -2.29. The Balaban J connectivity index is 1.51. The van der Waals surface area contributed by atoms with Gasteiger partial charge < -0.3 is 9.64 Å². The van der Waals surface area contributed by atoms with Gasteiger partial charge in [0.15, 0.2) is 0 Å². The zero-order chi connectivity index (χ0) is 22.3. The van der Waals surface area contributed by atoms with E-state index < -0.39 is 0 Å². The second-order valence-electron chi connectivity index (χ2n) is 7.51. The van der Waals surface area contributed by atoms with Crippen molar-refractivity contribution in [2.24, 2.45) is 0 Å². The minimum atomic E-state index is -0.0538. The Morgan fingerprint density at radius 2 is 1.88 bits per heavy atom. The molecule has 0 aliphatic heterocycles. The Kier molecular flexibility index (Phi) is 6.91. The molecule has 7 nitrogen and oxygen atoms in total. The molecule has 2 aromatic carbocycles. The van der Waals surface area contributed by atoms with Gasteiger partial charge in [-0.15, -0.1) is 21.5 Å². The normalized spacial score (nSPS) is 11.8. The van der Waals surface area contributed by atoms with Crippen LogP contribution in [-0.4, -0.2) is 44.2 Å². The number of carbonyl (C=O) groups excluding carboxylic acids is 1. The lowest BCUT2D eigenvalue weighted by molar-refractivity contribution is -0.135. The molecular formula is C24H25N5O2S. The first-order chi connectivity index (χ1) is 15.6. The average Bonchev–Trinajstić information content (AvgIpc) is 3.50. The fourth-order valence-electron chi connectivity index (χ4n) is 3.47. The molecule has 0 bridgehead atoms. The summed E-state index contributed by atoms with van der Waals surface area (Å²) in [5.74, 6) is 1.24. The van der Waals surface area contributed by atoms with Crippen molar-refractivity contribution in [1.82, 2.24) is 25.1 Å². The molecule has 0 fully saturated rings. The molecule has 32 heavy (non-hydrogen) atoms. The molecule has 0 spiro atoms. The Bertz CT molecular complexity index is 1130. The summed E-state index contributed by atoms with van der Waals surface area (Å²) in [5, 5.41) is 14.7. The topological polar surface area (TPSA) is 73.1 Å². The molecule has 0 radical (unpaired) electrons. The van der Waals surface area contributed by atoms with Crippen molar-refractivity contribution >= 4 is 17.2 Å². The van der Waals surface area contributed by atoms with E-state index in [0.717, 1.165) is 23.3 Å². The molecule has 0 unspecified atom stereocenters. The number of benzene rings is 2. The first kappa shape index (κ1) is 21.7. The van der Waals surface area contributed by atoms with Gasteiger partial charge in [0, 0.05) is 29.4 Å². The van der Waals surface area contributed by atoms with E-state index in [-0.39, 0.29) is 18.5 Å². The highest BCUT2D eigenvalue weighted by atomic mass is 32.1. The molecule has 0 aliphatic carbocycles. The third-order valence-electron chi connectivity index (χ3n) is 5.20. The van der Waals surface area contributed by atoms with Crippen molar-refractivity contribution in [2.45, 2.75) is 32.5 Å². The molecule has 0 aliphatic rings. The van der Waals surface area contributed by atoms with Gasteiger partial charge in [-0.1, -0.05) is 48.5 Å². The van der Waals surface area contributed by atoms with Gasteiger partial charge in [-0.2, -0.15) is 4.80 Å². The van der Waals surface area contributed by atoms with Crippen LogP contribution in [0.2, 0.25) is 0 Å². The van der Waals surface area contributed by atoms with Crippen molar-refractivity contribution in [1.29, 1.82) is 0 Å². The summed E-state index contributed by atoms with van der Waals surface area (Å²) >= 11 is 1.70. The van der Waals surface area contributed by atoms with Crippen molar-refractivity contribution in [3.05, 3.63) is 82.6 Å². The van der Waals surface area contributed by atoms with Crippen LogP contribution in [0.4, 0.5) is 0 Å². The maximum atomic E-state index is 13.3.